The van der Waals surface area contributed by atoms with Gasteiger partial charge >= 0.3 is 12.1 Å². The van der Waals surface area contributed by atoms with Crippen molar-refractivity contribution in [3.05, 3.63) is 11.6 Å². The number of rotatable bonds is 1. The molecule has 4 aliphatic carbocycles. The summed E-state index contributed by atoms with van der Waals surface area (Å²) in [7, 11) is 0. The molecule has 2 unspecified atom stereocenters. The van der Waals surface area contributed by atoms with Crippen LogP contribution >= 0.6 is 0 Å². The van der Waals surface area contributed by atoms with Gasteiger partial charge in [-0.1, -0.05) is 40.7 Å². The highest BCUT2D eigenvalue weighted by molar-refractivity contribution is 5.46. The van der Waals surface area contributed by atoms with Gasteiger partial charge in [-0.2, -0.15) is 22.0 Å². The van der Waals surface area contributed by atoms with Gasteiger partial charge in [-0.15, -0.1) is 0 Å². The zero-order chi connectivity index (χ0) is 25.6. The molecule has 6 atom stereocenters. The molecule has 0 aromatic heterocycles. The van der Waals surface area contributed by atoms with Gasteiger partial charge in [0.05, 0.1) is 13.2 Å². The maximum absolute atomic E-state index is 15.0. The largest absolute Gasteiger partial charge is 0.453 e. The third-order valence-electron chi connectivity index (χ3n) is 11.5. The summed E-state index contributed by atoms with van der Waals surface area (Å²) in [6, 6.07) is 0. The smallest absolute Gasteiger partial charge is 0.358 e. The van der Waals surface area contributed by atoms with Crippen molar-refractivity contribution in [2.45, 2.75) is 115 Å². The van der Waals surface area contributed by atoms with E-state index in [9.17, 15) is 22.0 Å². The number of hydrogen-bond acceptors (Lipinski definition) is 3. The third kappa shape index (κ3) is 2.72. The van der Waals surface area contributed by atoms with Crippen molar-refractivity contribution in [2.24, 2.45) is 27.6 Å². The van der Waals surface area contributed by atoms with Gasteiger partial charge in [0.1, 0.15) is 11.2 Å². The molecule has 6 rings (SSSR count). The van der Waals surface area contributed by atoms with Gasteiger partial charge in [-0.3, -0.25) is 0 Å². The number of alkyl halides is 5. The summed E-state index contributed by atoms with van der Waals surface area (Å²) in [6.07, 6.45) is 0.450. The van der Waals surface area contributed by atoms with E-state index in [1.54, 1.807) is 6.92 Å². The normalized spacial score (nSPS) is 50.0. The van der Waals surface area contributed by atoms with Crippen LogP contribution < -0.4 is 0 Å². The molecule has 0 aromatic carbocycles. The van der Waals surface area contributed by atoms with Crippen LogP contribution in [-0.4, -0.2) is 42.3 Å². The molecular weight excluding hydrogens is 467 g/mol. The molecule has 8 heteroatoms. The average Bonchev–Trinajstić information content (AvgIpc) is 3.34. The molecular formula is C27H37F5O3. The maximum Gasteiger partial charge on any atom is 0.453 e. The van der Waals surface area contributed by atoms with E-state index in [1.807, 2.05) is 6.08 Å². The Kier molecular flexibility index (Phi) is 4.54. The predicted octanol–water partition coefficient (Wildman–Crippen LogP) is 7.20. The van der Waals surface area contributed by atoms with Crippen molar-refractivity contribution in [1.82, 2.24) is 0 Å². The second-order valence-corrected chi connectivity index (χ2v) is 13.9. The number of halogens is 5. The molecule has 0 bridgehead atoms. The summed E-state index contributed by atoms with van der Waals surface area (Å²) in [5.74, 6) is -5.63. The highest BCUT2D eigenvalue weighted by Gasteiger charge is 2.83. The lowest BCUT2D eigenvalue weighted by molar-refractivity contribution is -0.341. The van der Waals surface area contributed by atoms with E-state index in [0.717, 1.165) is 24.8 Å². The van der Waals surface area contributed by atoms with Gasteiger partial charge in [0.2, 0.25) is 0 Å². The molecule has 1 spiro atoms. The summed E-state index contributed by atoms with van der Waals surface area (Å²) < 4.78 is 90.0. The average molecular weight is 505 g/mol. The first kappa shape index (κ1) is 24.6. The summed E-state index contributed by atoms with van der Waals surface area (Å²) >= 11 is 0. The number of allylic oxidation sites excluding steroid dienone is 1. The monoisotopic (exact) mass is 504 g/mol. The number of ether oxygens (including phenoxy) is 3. The first-order chi connectivity index (χ1) is 15.9. The summed E-state index contributed by atoms with van der Waals surface area (Å²) in [6.45, 7) is 10.4. The van der Waals surface area contributed by atoms with Crippen LogP contribution in [0.5, 0.6) is 0 Å². The fourth-order valence-electron chi connectivity index (χ4n) is 9.19. The Morgan fingerprint density at radius 3 is 2.14 bits per heavy atom. The third-order valence-corrected chi connectivity index (χ3v) is 11.5. The molecule has 198 valence electrons. The number of hydrogen-bond donors (Lipinski definition) is 0. The van der Waals surface area contributed by atoms with E-state index in [4.69, 9.17) is 14.2 Å². The molecule has 3 saturated carbocycles. The zero-order valence-electron chi connectivity index (χ0n) is 21.3. The first-order valence-electron chi connectivity index (χ1n) is 13.1. The maximum atomic E-state index is 15.0. The van der Waals surface area contributed by atoms with Gasteiger partial charge in [0, 0.05) is 23.7 Å². The Balaban J connectivity index is 1.33. The van der Waals surface area contributed by atoms with Crippen molar-refractivity contribution in [3.8, 4) is 0 Å². The minimum absolute atomic E-state index is 0.0308. The SMILES string of the molecule is CC1(C)COC2(CC[C@]34OC3(CC[C@]3(C)C4=CCC4(C)[C@H]3CC[C@@]4(C)C(F)(F)C(F)(F)F)C2)OC1. The minimum Gasteiger partial charge on any atom is -0.358 e. The van der Waals surface area contributed by atoms with E-state index >= 15 is 0 Å². The van der Waals surface area contributed by atoms with Crippen LogP contribution in [0.3, 0.4) is 0 Å². The van der Waals surface area contributed by atoms with E-state index < -0.39 is 39.7 Å². The van der Waals surface area contributed by atoms with Crippen LogP contribution in [0.15, 0.2) is 11.6 Å². The lowest BCUT2D eigenvalue weighted by Gasteiger charge is -2.59. The van der Waals surface area contributed by atoms with Gasteiger partial charge < -0.3 is 14.2 Å². The molecule has 35 heavy (non-hydrogen) atoms. The van der Waals surface area contributed by atoms with Crippen LogP contribution in [0.4, 0.5) is 22.0 Å². The van der Waals surface area contributed by atoms with Gasteiger partial charge in [0.15, 0.2) is 5.79 Å². The van der Waals surface area contributed by atoms with Crippen LogP contribution in [0.2, 0.25) is 0 Å². The van der Waals surface area contributed by atoms with Crippen molar-refractivity contribution >= 4 is 0 Å². The van der Waals surface area contributed by atoms with E-state index in [1.165, 1.54) is 6.92 Å². The fourth-order valence-corrected chi connectivity index (χ4v) is 9.19. The van der Waals surface area contributed by atoms with E-state index in [0.29, 0.717) is 32.5 Å². The lowest BCUT2D eigenvalue weighted by atomic mass is 9.45. The Morgan fingerprint density at radius 1 is 0.857 bits per heavy atom. The van der Waals surface area contributed by atoms with Crippen LogP contribution in [0.25, 0.3) is 0 Å². The van der Waals surface area contributed by atoms with Gasteiger partial charge in [-0.05, 0) is 60.8 Å². The quantitative estimate of drug-likeness (QED) is 0.215. The Morgan fingerprint density at radius 2 is 1.51 bits per heavy atom. The van der Waals surface area contributed by atoms with Gasteiger partial charge in [-0.25, -0.2) is 0 Å². The highest BCUT2D eigenvalue weighted by atomic mass is 19.4. The highest BCUT2D eigenvalue weighted by Crippen LogP contribution is 2.80. The molecule has 0 aromatic rings. The first-order valence-corrected chi connectivity index (χ1v) is 13.1. The Labute approximate surface area is 204 Å². The molecule has 2 saturated heterocycles. The molecule has 5 fully saturated rings. The van der Waals surface area contributed by atoms with Crippen LogP contribution in [0.1, 0.15) is 86.0 Å². The lowest BCUT2D eigenvalue weighted by Crippen LogP contribution is -2.61. The van der Waals surface area contributed by atoms with Gasteiger partial charge in [0.25, 0.3) is 0 Å². The van der Waals surface area contributed by atoms with Crippen LogP contribution in [-0.2, 0) is 14.2 Å². The van der Waals surface area contributed by atoms with Crippen molar-refractivity contribution in [3.63, 3.8) is 0 Å². The predicted molar refractivity (Wildman–Crippen MR) is 119 cm³/mol. The zero-order valence-corrected chi connectivity index (χ0v) is 21.3. The van der Waals surface area contributed by atoms with E-state index in [-0.39, 0.29) is 29.8 Å². The molecule has 0 radical (unpaired) electrons. The Bertz CT molecular complexity index is 980. The summed E-state index contributed by atoms with van der Waals surface area (Å²) in [5, 5.41) is 0. The fraction of sp³-hybridized carbons (Fsp3) is 0.926. The molecule has 0 N–H and O–H groups in total. The number of epoxide rings is 1. The van der Waals surface area contributed by atoms with Crippen LogP contribution in [0, 0.1) is 27.6 Å². The van der Waals surface area contributed by atoms with Crippen molar-refractivity contribution < 1.29 is 36.2 Å². The van der Waals surface area contributed by atoms with Crippen molar-refractivity contribution in [2.75, 3.05) is 13.2 Å². The number of fused-ring (bicyclic) bond motifs is 3. The standard InChI is InChI=1S/C27H37F5O3/c1-19(2)15-33-24(34-16-19)12-13-25-18-6-8-21(4)17(20(18,3)10-11-23(25,14-24)35-25)7-9-22(21,5)26(28,29)27(30,31)32/h6,17H,7-16H2,1-5H3/t17-,20-,21?,22+,23?,25+/m0/s1. The second kappa shape index (κ2) is 6.45. The molecule has 2 aliphatic heterocycles. The minimum atomic E-state index is -5.56. The molecule has 6 aliphatic rings. The Hall–Kier alpha value is -0.730. The topological polar surface area (TPSA) is 31.0 Å². The van der Waals surface area contributed by atoms with Crippen molar-refractivity contribution in [1.29, 1.82) is 0 Å². The summed E-state index contributed by atoms with van der Waals surface area (Å²) in [5.41, 5.74) is -3.47. The molecule has 0 amide bonds. The molecule has 3 nitrogen and oxygen atoms in total. The molecule has 2 heterocycles. The van der Waals surface area contributed by atoms with E-state index in [2.05, 4.69) is 20.8 Å². The summed E-state index contributed by atoms with van der Waals surface area (Å²) in [4.78, 5) is 0. The second-order valence-electron chi connectivity index (χ2n) is 13.9.